The predicted octanol–water partition coefficient (Wildman–Crippen LogP) is -0.326. The third kappa shape index (κ3) is 2.11. The van der Waals surface area contributed by atoms with Crippen LogP contribution in [0.3, 0.4) is 0 Å². The summed E-state index contributed by atoms with van der Waals surface area (Å²) in [7, 11) is 0. The van der Waals surface area contributed by atoms with Crippen molar-refractivity contribution in [3.63, 3.8) is 0 Å². The molecule has 104 valence electrons. The van der Waals surface area contributed by atoms with Crippen molar-refractivity contribution in [1.29, 1.82) is 0 Å². The predicted molar refractivity (Wildman–Crippen MR) is 68.5 cm³/mol. The average molecular weight is 276 g/mol. The monoisotopic (exact) mass is 276 g/mol. The van der Waals surface area contributed by atoms with Crippen molar-refractivity contribution in [3.05, 3.63) is 39.4 Å². The third-order valence-corrected chi connectivity index (χ3v) is 2.72. The van der Waals surface area contributed by atoms with Crippen LogP contribution >= 0.6 is 0 Å². The van der Waals surface area contributed by atoms with Gasteiger partial charge in [-0.2, -0.15) is 5.10 Å². The molecule has 8 heteroatoms. The Kier molecular flexibility index (Phi) is 3.47. The second-order valence-electron chi connectivity index (χ2n) is 3.97. The van der Waals surface area contributed by atoms with Gasteiger partial charge in [0.1, 0.15) is 5.56 Å². The number of hydrogen-bond donors (Lipinski definition) is 1. The number of esters is 1. The first-order valence-electron chi connectivity index (χ1n) is 5.82. The molecular formula is C12H12N4O4. The summed E-state index contributed by atoms with van der Waals surface area (Å²) < 4.78 is 5.99. The van der Waals surface area contributed by atoms with Gasteiger partial charge >= 0.3 is 5.97 Å². The van der Waals surface area contributed by atoms with Gasteiger partial charge in [0, 0.05) is 5.56 Å². The normalized spacial score (nSPS) is 10.5. The van der Waals surface area contributed by atoms with Gasteiger partial charge in [-0.3, -0.25) is 9.59 Å². The van der Waals surface area contributed by atoms with Crippen LogP contribution in [0.25, 0.3) is 5.65 Å². The minimum atomic E-state index is -0.751. The molecule has 20 heavy (non-hydrogen) atoms. The van der Waals surface area contributed by atoms with Gasteiger partial charge in [-0.1, -0.05) is 0 Å². The van der Waals surface area contributed by atoms with Gasteiger partial charge in [0.05, 0.1) is 19.0 Å². The lowest BCUT2D eigenvalue weighted by Gasteiger charge is -2.03. The average Bonchev–Trinajstić information content (AvgIpc) is 2.75. The van der Waals surface area contributed by atoms with Crippen LogP contribution in [0.15, 0.2) is 17.2 Å². The van der Waals surface area contributed by atoms with E-state index in [1.165, 1.54) is 13.1 Å². The van der Waals surface area contributed by atoms with E-state index in [-0.39, 0.29) is 29.1 Å². The molecule has 2 N–H and O–H groups in total. The van der Waals surface area contributed by atoms with Crippen LogP contribution in [0.1, 0.15) is 33.3 Å². The molecule has 2 aromatic rings. The molecule has 0 saturated heterocycles. The number of primary amides is 1. The van der Waals surface area contributed by atoms with Gasteiger partial charge in [-0.25, -0.2) is 14.3 Å². The quantitative estimate of drug-likeness (QED) is 0.767. The van der Waals surface area contributed by atoms with Crippen molar-refractivity contribution in [1.82, 2.24) is 14.6 Å². The van der Waals surface area contributed by atoms with Crippen LogP contribution in [-0.4, -0.2) is 33.1 Å². The first kappa shape index (κ1) is 13.7. The Bertz CT molecular complexity index is 766. The third-order valence-electron chi connectivity index (χ3n) is 2.72. The highest BCUT2D eigenvalue weighted by Crippen LogP contribution is 2.11. The molecule has 0 unspecified atom stereocenters. The fraction of sp³-hybridized carbons (Fsp3) is 0.250. The molecule has 0 bridgehead atoms. The first-order chi connectivity index (χ1) is 9.47. The molecule has 0 spiro atoms. The number of rotatable bonds is 3. The van der Waals surface area contributed by atoms with Crippen molar-refractivity contribution in [2.75, 3.05) is 6.61 Å². The van der Waals surface area contributed by atoms with E-state index >= 15 is 0 Å². The van der Waals surface area contributed by atoms with E-state index in [0.29, 0.717) is 0 Å². The maximum Gasteiger partial charge on any atom is 0.357 e. The highest BCUT2D eigenvalue weighted by atomic mass is 16.5. The van der Waals surface area contributed by atoms with Crippen molar-refractivity contribution in [3.8, 4) is 0 Å². The van der Waals surface area contributed by atoms with Gasteiger partial charge in [-0.15, -0.1) is 0 Å². The minimum Gasteiger partial charge on any atom is -0.461 e. The molecule has 2 aromatic heterocycles. The van der Waals surface area contributed by atoms with E-state index in [4.69, 9.17) is 10.5 Å². The molecule has 0 atom stereocenters. The lowest BCUT2D eigenvalue weighted by Crippen LogP contribution is -2.16. The largest absolute Gasteiger partial charge is 0.461 e. The number of amides is 1. The lowest BCUT2D eigenvalue weighted by atomic mass is 10.2. The van der Waals surface area contributed by atoms with E-state index in [2.05, 4.69) is 10.1 Å². The molecule has 1 amide bonds. The van der Waals surface area contributed by atoms with Crippen LogP contribution in [0.4, 0.5) is 0 Å². The summed E-state index contributed by atoms with van der Waals surface area (Å²) in [6, 6.07) is 0. The van der Waals surface area contributed by atoms with Gasteiger partial charge in [0.2, 0.25) is 5.43 Å². The number of carbonyl (C=O) groups excluding carboxylic acids is 2. The fourth-order valence-electron chi connectivity index (χ4n) is 1.73. The standard InChI is InChI=1S/C12H12N4O4/c1-3-20-12(19)9-6(2)8(17)5-14-11-7(10(13)18)4-15-16(9)11/h4-5H,3H2,1-2H3,(H2,13,18). The number of fused-ring (bicyclic) bond motifs is 1. The van der Waals surface area contributed by atoms with E-state index < -0.39 is 17.3 Å². The molecule has 0 radical (unpaired) electrons. The molecule has 8 nitrogen and oxygen atoms in total. The van der Waals surface area contributed by atoms with E-state index in [1.807, 2.05) is 0 Å². The Labute approximate surface area is 113 Å². The van der Waals surface area contributed by atoms with Crippen LogP contribution in [-0.2, 0) is 4.74 Å². The Morgan fingerprint density at radius 3 is 2.70 bits per heavy atom. The van der Waals surface area contributed by atoms with E-state index in [1.54, 1.807) is 6.92 Å². The summed E-state index contributed by atoms with van der Waals surface area (Å²) in [6.45, 7) is 3.24. The van der Waals surface area contributed by atoms with Crippen LogP contribution in [0.2, 0.25) is 0 Å². The topological polar surface area (TPSA) is 117 Å². The molecule has 0 aliphatic heterocycles. The number of carbonyl (C=O) groups is 2. The number of nitrogens with zero attached hydrogens (tertiary/aromatic N) is 3. The fourth-order valence-corrected chi connectivity index (χ4v) is 1.73. The summed E-state index contributed by atoms with van der Waals surface area (Å²) in [5, 5.41) is 3.90. The van der Waals surface area contributed by atoms with Crippen molar-refractivity contribution in [2.45, 2.75) is 13.8 Å². The SMILES string of the molecule is CCOC(=O)c1c(C)c(=O)cnc2c(C(N)=O)cnn12. The van der Waals surface area contributed by atoms with E-state index in [9.17, 15) is 14.4 Å². The second kappa shape index (κ2) is 5.08. The van der Waals surface area contributed by atoms with Gasteiger partial charge in [0.15, 0.2) is 11.3 Å². The number of aromatic nitrogens is 3. The Morgan fingerprint density at radius 1 is 1.40 bits per heavy atom. The molecule has 2 heterocycles. The molecular weight excluding hydrogens is 264 g/mol. The zero-order chi connectivity index (χ0) is 14.9. The van der Waals surface area contributed by atoms with Crippen LogP contribution in [0, 0.1) is 6.92 Å². The second-order valence-corrected chi connectivity index (χ2v) is 3.97. The smallest absolute Gasteiger partial charge is 0.357 e. The summed E-state index contributed by atoms with van der Waals surface area (Å²) >= 11 is 0. The molecule has 2 rings (SSSR count). The summed E-state index contributed by atoms with van der Waals surface area (Å²) in [5.41, 5.74) is 4.85. The van der Waals surface area contributed by atoms with Gasteiger partial charge < -0.3 is 10.5 Å². The number of ether oxygens (including phenoxy) is 1. The zero-order valence-electron chi connectivity index (χ0n) is 10.9. The summed E-state index contributed by atoms with van der Waals surface area (Å²) in [5.74, 6) is -1.47. The molecule has 0 aliphatic rings. The maximum atomic E-state index is 12.0. The highest BCUT2D eigenvalue weighted by Gasteiger charge is 2.20. The maximum absolute atomic E-state index is 12.0. The Balaban J connectivity index is 2.90. The Hall–Kier alpha value is -2.77. The summed E-state index contributed by atoms with van der Waals surface area (Å²) in [6.07, 6.45) is 2.21. The lowest BCUT2D eigenvalue weighted by molar-refractivity contribution is 0.0515. The number of nitrogens with two attached hydrogens (primary N) is 1. The van der Waals surface area contributed by atoms with Gasteiger partial charge in [0.25, 0.3) is 5.91 Å². The molecule has 0 aromatic carbocycles. The van der Waals surface area contributed by atoms with Crippen molar-refractivity contribution in [2.24, 2.45) is 5.73 Å². The molecule has 0 fully saturated rings. The van der Waals surface area contributed by atoms with E-state index in [0.717, 1.165) is 10.7 Å². The van der Waals surface area contributed by atoms with Gasteiger partial charge in [-0.05, 0) is 13.8 Å². The van der Waals surface area contributed by atoms with Crippen molar-refractivity contribution < 1.29 is 14.3 Å². The number of hydrogen-bond acceptors (Lipinski definition) is 6. The van der Waals surface area contributed by atoms with Crippen LogP contribution in [0.5, 0.6) is 0 Å². The minimum absolute atomic E-state index is 0.0190. The molecule has 0 saturated carbocycles. The zero-order valence-corrected chi connectivity index (χ0v) is 10.9. The van der Waals surface area contributed by atoms with Crippen LogP contribution < -0.4 is 11.2 Å². The summed E-state index contributed by atoms with van der Waals surface area (Å²) in [4.78, 5) is 38.9. The first-order valence-corrected chi connectivity index (χ1v) is 5.82. The Morgan fingerprint density at radius 2 is 2.10 bits per heavy atom. The molecule has 0 aliphatic carbocycles. The van der Waals surface area contributed by atoms with Crippen molar-refractivity contribution >= 4 is 17.5 Å². The highest BCUT2D eigenvalue weighted by molar-refractivity contribution is 5.99.